The van der Waals surface area contributed by atoms with E-state index >= 15 is 0 Å². The van der Waals surface area contributed by atoms with Crippen LogP contribution in [0.3, 0.4) is 0 Å². The third kappa shape index (κ3) is 3.82. The third-order valence-corrected chi connectivity index (χ3v) is 6.11. The minimum absolute atomic E-state index is 0.0259. The topological polar surface area (TPSA) is 101 Å². The molecule has 3 aromatic rings. The van der Waals surface area contributed by atoms with E-state index in [1.807, 2.05) is 0 Å². The Balaban J connectivity index is 1.59. The molecule has 0 amide bonds. The number of phenols is 1. The van der Waals surface area contributed by atoms with Gasteiger partial charge in [0.05, 0.1) is 33.3 Å². The number of carbonyl (C=O) groups excluding carboxylic acids is 2. The molecule has 0 aromatic heterocycles. The van der Waals surface area contributed by atoms with Gasteiger partial charge in [-0.15, -0.1) is 0 Å². The normalized spacial score (nSPS) is 17.3. The highest BCUT2D eigenvalue weighted by Crippen LogP contribution is 2.49. The standard InChI is InChI=1S/C27H22O8/c1-31-16-6-4-15(22(12-16)33-3)11-23-26(30)17-7-9-21-25(27(17)35-23)18(13-24(29)34-21)14-5-8-20(32-2)19(28)10-14/h4-12,18,28H,13H2,1-3H3. The number of carbonyl (C=O) groups is 2. The number of fused-ring (bicyclic) bond motifs is 3. The number of methoxy groups -OCH3 is 3. The van der Waals surface area contributed by atoms with Crippen LogP contribution < -0.4 is 23.7 Å². The summed E-state index contributed by atoms with van der Waals surface area (Å²) in [5, 5.41) is 10.3. The molecule has 0 saturated heterocycles. The Bertz CT molecular complexity index is 1390. The Hall–Kier alpha value is -4.46. The molecule has 5 rings (SSSR count). The molecule has 1 atom stereocenters. The van der Waals surface area contributed by atoms with Gasteiger partial charge in [-0.25, -0.2) is 0 Å². The average Bonchev–Trinajstić information content (AvgIpc) is 3.18. The fourth-order valence-corrected chi connectivity index (χ4v) is 4.39. The summed E-state index contributed by atoms with van der Waals surface area (Å²) < 4.78 is 27.4. The van der Waals surface area contributed by atoms with Crippen LogP contribution in [0.5, 0.6) is 34.5 Å². The molecule has 0 fully saturated rings. The minimum Gasteiger partial charge on any atom is -0.504 e. The van der Waals surface area contributed by atoms with Crippen LogP contribution in [0, 0.1) is 0 Å². The van der Waals surface area contributed by atoms with Gasteiger partial charge in [-0.1, -0.05) is 6.07 Å². The van der Waals surface area contributed by atoms with E-state index in [0.29, 0.717) is 51.0 Å². The molecule has 0 spiro atoms. The van der Waals surface area contributed by atoms with Crippen molar-refractivity contribution in [1.29, 1.82) is 0 Å². The highest BCUT2D eigenvalue weighted by molar-refractivity contribution is 6.15. The maximum atomic E-state index is 13.2. The zero-order valence-corrected chi connectivity index (χ0v) is 19.3. The second-order valence-corrected chi connectivity index (χ2v) is 8.06. The summed E-state index contributed by atoms with van der Waals surface area (Å²) in [7, 11) is 4.55. The number of ketones is 1. The number of esters is 1. The first-order valence-electron chi connectivity index (χ1n) is 10.8. The maximum absolute atomic E-state index is 13.2. The number of phenolic OH excluding ortho intramolecular Hbond substituents is 1. The van der Waals surface area contributed by atoms with E-state index in [0.717, 1.165) is 0 Å². The zero-order valence-electron chi connectivity index (χ0n) is 19.3. The van der Waals surface area contributed by atoms with Gasteiger partial charge in [0.15, 0.2) is 17.3 Å². The van der Waals surface area contributed by atoms with Gasteiger partial charge in [0, 0.05) is 23.1 Å². The van der Waals surface area contributed by atoms with E-state index < -0.39 is 11.9 Å². The van der Waals surface area contributed by atoms with Crippen LogP contribution in [0.4, 0.5) is 0 Å². The van der Waals surface area contributed by atoms with Crippen LogP contribution in [0.2, 0.25) is 0 Å². The van der Waals surface area contributed by atoms with Crippen molar-refractivity contribution in [1.82, 2.24) is 0 Å². The number of ether oxygens (including phenoxy) is 5. The first kappa shape index (κ1) is 22.3. The lowest BCUT2D eigenvalue weighted by atomic mass is 9.84. The first-order chi connectivity index (χ1) is 16.9. The molecule has 0 aliphatic carbocycles. The van der Waals surface area contributed by atoms with Crippen molar-refractivity contribution in [3.8, 4) is 34.5 Å². The van der Waals surface area contributed by atoms with Crippen molar-refractivity contribution < 1.29 is 38.4 Å². The van der Waals surface area contributed by atoms with Crippen LogP contribution in [0.15, 0.2) is 54.3 Å². The summed E-state index contributed by atoms with van der Waals surface area (Å²) in [6.45, 7) is 0. The van der Waals surface area contributed by atoms with Crippen LogP contribution in [-0.4, -0.2) is 38.2 Å². The van der Waals surface area contributed by atoms with E-state index in [9.17, 15) is 14.7 Å². The van der Waals surface area contributed by atoms with Crippen molar-refractivity contribution in [2.75, 3.05) is 21.3 Å². The molecule has 0 radical (unpaired) electrons. The summed E-state index contributed by atoms with van der Waals surface area (Å²) in [6, 6.07) is 13.4. The molecule has 0 bridgehead atoms. The second-order valence-electron chi connectivity index (χ2n) is 8.06. The maximum Gasteiger partial charge on any atom is 0.312 e. The number of benzene rings is 3. The van der Waals surface area contributed by atoms with Crippen LogP contribution >= 0.6 is 0 Å². The van der Waals surface area contributed by atoms with Gasteiger partial charge in [-0.3, -0.25) is 9.59 Å². The third-order valence-electron chi connectivity index (χ3n) is 6.11. The molecule has 1 unspecified atom stereocenters. The zero-order chi connectivity index (χ0) is 24.7. The van der Waals surface area contributed by atoms with E-state index in [2.05, 4.69) is 0 Å². The van der Waals surface area contributed by atoms with Gasteiger partial charge in [0.2, 0.25) is 5.78 Å². The largest absolute Gasteiger partial charge is 0.504 e. The fourth-order valence-electron chi connectivity index (χ4n) is 4.39. The molecule has 8 heteroatoms. The average molecular weight is 474 g/mol. The Morgan fingerprint density at radius 3 is 2.43 bits per heavy atom. The fraction of sp³-hybridized carbons (Fsp3) is 0.185. The van der Waals surface area contributed by atoms with E-state index in [1.165, 1.54) is 14.2 Å². The minimum atomic E-state index is -0.485. The summed E-state index contributed by atoms with van der Waals surface area (Å²) in [6.07, 6.45) is 1.63. The van der Waals surface area contributed by atoms with Crippen molar-refractivity contribution >= 4 is 17.8 Å². The number of aromatic hydroxyl groups is 1. The predicted molar refractivity (Wildman–Crippen MR) is 126 cm³/mol. The lowest BCUT2D eigenvalue weighted by molar-refractivity contribution is -0.135. The summed E-state index contributed by atoms with van der Waals surface area (Å²) >= 11 is 0. The Labute approximate surface area is 201 Å². The van der Waals surface area contributed by atoms with Gasteiger partial charge < -0.3 is 28.8 Å². The molecular weight excluding hydrogens is 452 g/mol. The number of rotatable bonds is 5. The van der Waals surface area contributed by atoms with Crippen LogP contribution in [-0.2, 0) is 4.79 Å². The Morgan fingerprint density at radius 1 is 0.914 bits per heavy atom. The molecule has 0 saturated carbocycles. The van der Waals surface area contributed by atoms with Gasteiger partial charge in [-0.2, -0.15) is 0 Å². The Morgan fingerprint density at radius 2 is 1.71 bits per heavy atom. The molecule has 1 N–H and O–H groups in total. The van der Waals surface area contributed by atoms with Gasteiger partial charge in [0.1, 0.15) is 23.0 Å². The van der Waals surface area contributed by atoms with Crippen LogP contribution in [0.1, 0.15) is 39.4 Å². The molecule has 2 aliphatic rings. The van der Waals surface area contributed by atoms with Crippen molar-refractivity contribution in [2.45, 2.75) is 12.3 Å². The molecule has 8 nitrogen and oxygen atoms in total. The predicted octanol–water partition coefficient (Wildman–Crippen LogP) is 4.48. The van der Waals surface area contributed by atoms with Gasteiger partial charge in [-0.05, 0) is 48.0 Å². The lowest BCUT2D eigenvalue weighted by Gasteiger charge is -2.26. The van der Waals surface area contributed by atoms with Crippen molar-refractivity contribution in [3.05, 3.63) is 76.5 Å². The van der Waals surface area contributed by atoms with E-state index in [1.54, 1.807) is 61.7 Å². The molecule has 35 heavy (non-hydrogen) atoms. The highest BCUT2D eigenvalue weighted by atomic mass is 16.5. The van der Waals surface area contributed by atoms with Crippen molar-refractivity contribution in [3.63, 3.8) is 0 Å². The van der Waals surface area contributed by atoms with Gasteiger partial charge >= 0.3 is 5.97 Å². The number of allylic oxidation sites excluding steroid dienone is 1. The quantitative estimate of drug-likeness (QED) is 0.328. The second kappa shape index (κ2) is 8.72. The number of hydrogen-bond acceptors (Lipinski definition) is 8. The van der Waals surface area contributed by atoms with Crippen LogP contribution in [0.25, 0.3) is 6.08 Å². The molecule has 3 aromatic carbocycles. The monoisotopic (exact) mass is 474 g/mol. The summed E-state index contributed by atoms with van der Waals surface area (Å²) in [5.41, 5.74) is 2.24. The molecular formula is C27H22O8. The molecule has 2 aliphatic heterocycles. The number of hydrogen-bond donors (Lipinski definition) is 1. The van der Waals surface area contributed by atoms with Crippen molar-refractivity contribution in [2.24, 2.45) is 0 Å². The molecule has 2 heterocycles. The first-order valence-corrected chi connectivity index (χ1v) is 10.8. The summed E-state index contributed by atoms with van der Waals surface area (Å²) in [5.74, 6) is 0.966. The highest BCUT2D eigenvalue weighted by Gasteiger charge is 2.38. The Kier molecular flexibility index (Phi) is 5.56. The SMILES string of the molecule is COc1ccc(C=C2Oc3c(ccc4c3C(c3ccc(OC)c(O)c3)CC(=O)O4)C2=O)c(OC)c1. The van der Waals surface area contributed by atoms with E-state index in [4.69, 9.17) is 23.7 Å². The smallest absolute Gasteiger partial charge is 0.312 e. The molecule has 178 valence electrons. The summed E-state index contributed by atoms with van der Waals surface area (Å²) in [4.78, 5) is 25.6. The lowest BCUT2D eigenvalue weighted by Crippen LogP contribution is -2.21. The van der Waals surface area contributed by atoms with Gasteiger partial charge in [0.25, 0.3) is 0 Å². The van der Waals surface area contributed by atoms with E-state index in [-0.39, 0.29) is 23.7 Å². The number of Topliss-reactive ketones (excluding diaryl/α,β-unsaturated/α-hetero) is 1.